The van der Waals surface area contributed by atoms with Crippen LogP contribution in [0.1, 0.15) is 49.5 Å². The van der Waals surface area contributed by atoms with Crippen molar-refractivity contribution in [3.8, 4) is 5.75 Å². The van der Waals surface area contributed by atoms with Gasteiger partial charge in [-0.2, -0.15) is 0 Å². The Balaban J connectivity index is 2.83. The van der Waals surface area contributed by atoms with Crippen molar-refractivity contribution >= 4 is 5.91 Å². The summed E-state index contributed by atoms with van der Waals surface area (Å²) >= 11 is 0. The maximum atomic E-state index is 12.0. The van der Waals surface area contributed by atoms with Gasteiger partial charge in [0.25, 0.3) is 5.91 Å². The van der Waals surface area contributed by atoms with Gasteiger partial charge in [-0.05, 0) is 44.9 Å². The van der Waals surface area contributed by atoms with Crippen molar-refractivity contribution in [2.45, 2.75) is 46.1 Å². The van der Waals surface area contributed by atoms with Gasteiger partial charge in [0.05, 0.1) is 5.56 Å². The van der Waals surface area contributed by atoms with Crippen molar-refractivity contribution in [2.24, 2.45) is 0 Å². The molecule has 0 bridgehead atoms. The van der Waals surface area contributed by atoms with Crippen molar-refractivity contribution < 1.29 is 9.90 Å². The predicted octanol–water partition coefficient (Wildman–Crippen LogP) is 3.01. The van der Waals surface area contributed by atoms with E-state index in [2.05, 4.69) is 12.2 Å². The molecule has 3 nitrogen and oxygen atoms in total. The molecule has 0 spiro atoms. The summed E-state index contributed by atoms with van der Waals surface area (Å²) in [6.07, 6.45) is 1.92. The molecule has 0 unspecified atom stereocenters. The molecule has 1 amide bonds. The van der Waals surface area contributed by atoms with Crippen LogP contribution in [-0.4, -0.2) is 16.6 Å². The highest BCUT2D eigenvalue weighted by Crippen LogP contribution is 2.20. The van der Waals surface area contributed by atoms with Crippen molar-refractivity contribution in [1.29, 1.82) is 0 Å². The van der Waals surface area contributed by atoms with Crippen LogP contribution >= 0.6 is 0 Å². The third kappa shape index (κ3) is 3.77. The summed E-state index contributed by atoms with van der Waals surface area (Å²) in [5.41, 5.74) is 1.02. The summed E-state index contributed by atoms with van der Waals surface area (Å²) in [4.78, 5) is 12.0. The number of hydrogen-bond acceptors (Lipinski definition) is 2. The van der Waals surface area contributed by atoms with Gasteiger partial charge >= 0.3 is 0 Å². The Kier molecular flexibility index (Phi) is 4.16. The van der Waals surface area contributed by atoms with Crippen molar-refractivity contribution in [2.75, 3.05) is 0 Å². The maximum absolute atomic E-state index is 12.0. The summed E-state index contributed by atoms with van der Waals surface area (Å²) in [6.45, 7) is 7.93. The van der Waals surface area contributed by atoms with Crippen LogP contribution in [0.25, 0.3) is 0 Å². The van der Waals surface area contributed by atoms with E-state index >= 15 is 0 Å². The maximum Gasteiger partial charge on any atom is 0.255 e. The number of nitrogens with one attached hydrogen (secondary N) is 1. The van der Waals surface area contributed by atoms with E-state index in [9.17, 15) is 9.90 Å². The van der Waals surface area contributed by atoms with E-state index in [1.54, 1.807) is 12.1 Å². The summed E-state index contributed by atoms with van der Waals surface area (Å²) in [7, 11) is 0. The lowest BCUT2D eigenvalue weighted by molar-refractivity contribution is 0.0906. The number of amides is 1. The second-order valence-corrected chi connectivity index (χ2v) is 5.11. The van der Waals surface area contributed by atoms with Crippen molar-refractivity contribution in [3.05, 3.63) is 29.3 Å². The first-order valence-electron chi connectivity index (χ1n) is 5.98. The molecule has 3 heteroatoms. The highest BCUT2D eigenvalue weighted by molar-refractivity contribution is 5.97. The molecule has 0 atom stereocenters. The first-order chi connectivity index (χ1) is 7.85. The molecule has 0 saturated heterocycles. The highest BCUT2D eigenvalue weighted by atomic mass is 16.3. The average Bonchev–Trinajstić information content (AvgIpc) is 2.15. The van der Waals surface area contributed by atoms with Crippen LogP contribution in [0.2, 0.25) is 0 Å². The molecule has 0 radical (unpaired) electrons. The van der Waals surface area contributed by atoms with Crippen LogP contribution in [0, 0.1) is 6.92 Å². The quantitative estimate of drug-likeness (QED) is 0.842. The minimum Gasteiger partial charge on any atom is -0.507 e. The smallest absolute Gasteiger partial charge is 0.255 e. The summed E-state index contributed by atoms with van der Waals surface area (Å²) < 4.78 is 0. The first kappa shape index (κ1) is 13.6. The number of aryl methyl sites for hydroxylation is 1. The number of phenols is 1. The monoisotopic (exact) mass is 235 g/mol. The molecule has 0 saturated carbocycles. The number of carbonyl (C=O) groups excluding carboxylic acids is 1. The van der Waals surface area contributed by atoms with Crippen molar-refractivity contribution in [3.63, 3.8) is 0 Å². The van der Waals surface area contributed by atoms with Gasteiger partial charge in [0, 0.05) is 5.54 Å². The van der Waals surface area contributed by atoms with Crippen LogP contribution in [0.3, 0.4) is 0 Å². The summed E-state index contributed by atoms with van der Waals surface area (Å²) in [5, 5.41) is 12.7. The van der Waals surface area contributed by atoms with Crippen molar-refractivity contribution in [1.82, 2.24) is 5.32 Å². The number of carbonyl (C=O) groups is 1. The lowest BCUT2D eigenvalue weighted by Gasteiger charge is -2.26. The zero-order chi connectivity index (χ0) is 13.1. The van der Waals surface area contributed by atoms with E-state index < -0.39 is 0 Å². The normalized spacial score (nSPS) is 11.3. The fourth-order valence-corrected chi connectivity index (χ4v) is 1.90. The van der Waals surface area contributed by atoms with E-state index in [1.165, 1.54) is 0 Å². The highest BCUT2D eigenvalue weighted by Gasteiger charge is 2.21. The standard InChI is InChI=1S/C14H21NO2/c1-5-8-14(3,4)15-13(17)11-7-6-10(2)9-12(11)16/h6-7,9,16H,5,8H2,1-4H3,(H,15,17). The molecule has 0 aliphatic rings. The SMILES string of the molecule is CCCC(C)(C)NC(=O)c1ccc(C)cc1O. The van der Waals surface area contributed by atoms with Crippen LogP contribution in [0.4, 0.5) is 0 Å². The van der Waals surface area contributed by atoms with E-state index in [0.29, 0.717) is 5.56 Å². The molecular formula is C14H21NO2. The Hall–Kier alpha value is -1.51. The third-order valence-corrected chi connectivity index (χ3v) is 2.72. The number of rotatable bonds is 4. The Labute approximate surface area is 103 Å². The fourth-order valence-electron chi connectivity index (χ4n) is 1.90. The molecule has 2 N–H and O–H groups in total. The van der Waals surface area contributed by atoms with E-state index in [1.807, 2.05) is 26.8 Å². The van der Waals surface area contributed by atoms with Gasteiger partial charge in [0.15, 0.2) is 0 Å². The molecule has 1 rings (SSSR count). The number of benzene rings is 1. The van der Waals surface area contributed by atoms with Gasteiger partial charge in [-0.25, -0.2) is 0 Å². The van der Waals surface area contributed by atoms with E-state index in [0.717, 1.165) is 18.4 Å². The molecule has 1 aromatic rings. The molecule has 0 fully saturated rings. The van der Waals surface area contributed by atoms with Crippen LogP contribution < -0.4 is 5.32 Å². The Morgan fingerprint density at radius 3 is 2.59 bits per heavy atom. The molecule has 0 aromatic heterocycles. The van der Waals surface area contributed by atoms with E-state index in [-0.39, 0.29) is 17.2 Å². The fraction of sp³-hybridized carbons (Fsp3) is 0.500. The largest absolute Gasteiger partial charge is 0.507 e. The van der Waals surface area contributed by atoms with Crippen LogP contribution in [0.5, 0.6) is 5.75 Å². The zero-order valence-corrected chi connectivity index (χ0v) is 11.0. The van der Waals surface area contributed by atoms with Gasteiger partial charge in [-0.15, -0.1) is 0 Å². The molecule has 94 valence electrons. The lowest BCUT2D eigenvalue weighted by atomic mass is 9.98. The minimum absolute atomic E-state index is 0.0369. The average molecular weight is 235 g/mol. The molecule has 0 heterocycles. The number of phenolic OH excluding ortho intramolecular Hbond substituents is 1. The molecule has 17 heavy (non-hydrogen) atoms. The summed E-state index contributed by atoms with van der Waals surface area (Å²) in [6, 6.07) is 5.07. The number of aromatic hydroxyl groups is 1. The first-order valence-corrected chi connectivity index (χ1v) is 5.98. The van der Waals surface area contributed by atoms with Gasteiger partial charge < -0.3 is 10.4 Å². The Morgan fingerprint density at radius 1 is 1.41 bits per heavy atom. The zero-order valence-electron chi connectivity index (χ0n) is 11.0. The summed E-state index contributed by atoms with van der Waals surface area (Å²) in [5.74, 6) is -0.184. The van der Waals surface area contributed by atoms with E-state index in [4.69, 9.17) is 0 Å². The Bertz CT molecular complexity index is 411. The molecule has 0 aliphatic heterocycles. The van der Waals surface area contributed by atoms with Gasteiger partial charge in [-0.3, -0.25) is 4.79 Å². The van der Waals surface area contributed by atoms with Gasteiger partial charge in [0.1, 0.15) is 5.75 Å². The second kappa shape index (κ2) is 5.21. The van der Waals surface area contributed by atoms with Gasteiger partial charge in [0.2, 0.25) is 0 Å². The topological polar surface area (TPSA) is 49.3 Å². The Morgan fingerprint density at radius 2 is 2.06 bits per heavy atom. The minimum atomic E-state index is -0.247. The third-order valence-electron chi connectivity index (χ3n) is 2.72. The second-order valence-electron chi connectivity index (χ2n) is 5.11. The van der Waals surface area contributed by atoms with Gasteiger partial charge in [-0.1, -0.05) is 19.4 Å². The number of hydrogen-bond donors (Lipinski definition) is 2. The molecular weight excluding hydrogens is 214 g/mol. The van der Waals surface area contributed by atoms with Crippen LogP contribution in [0.15, 0.2) is 18.2 Å². The molecule has 0 aliphatic carbocycles. The predicted molar refractivity (Wildman–Crippen MR) is 69.3 cm³/mol. The molecule has 1 aromatic carbocycles. The lowest BCUT2D eigenvalue weighted by Crippen LogP contribution is -2.43. The van der Waals surface area contributed by atoms with Crippen LogP contribution in [-0.2, 0) is 0 Å².